The first kappa shape index (κ1) is 15.4. The molecule has 0 spiro atoms. The van der Waals surface area contributed by atoms with Crippen molar-refractivity contribution in [2.75, 3.05) is 0 Å². The highest BCUT2D eigenvalue weighted by molar-refractivity contribution is 7.17. The molecule has 0 aliphatic rings. The van der Waals surface area contributed by atoms with Crippen LogP contribution in [0.2, 0.25) is 10.0 Å². The summed E-state index contributed by atoms with van der Waals surface area (Å²) in [6.45, 7) is 0. The normalized spacial score (nSPS) is 10.9. The van der Waals surface area contributed by atoms with Gasteiger partial charge < -0.3 is 4.42 Å². The Labute approximate surface area is 152 Å². The molecule has 3 nitrogen and oxygen atoms in total. The Morgan fingerprint density at radius 3 is 2.25 bits per heavy atom. The van der Waals surface area contributed by atoms with E-state index < -0.39 is 0 Å². The molecule has 0 aliphatic heterocycles. The molecule has 0 saturated heterocycles. The average molecular weight is 373 g/mol. The second-order valence-electron chi connectivity index (χ2n) is 5.06. The van der Waals surface area contributed by atoms with Gasteiger partial charge in [-0.3, -0.25) is 0 Å². The number of halogens is 2. The van der Waals surface area contributed by atoms with Gasteiger partial charge in [0, 0.05) is 16.1 Å². The SMILES string of the molecule is Clc1ccc(-c2nnc(-c3ccc(-c4ccccc4Cl)o3)s2)cc1. The summed E-state index contributed by atoms with van der Waals surface area (Å²) in [5, 5.41) is 11.3. The van der Waals surface area contributed by atoms with Gasteiger partial charge in [0.25, 0.3) is 0 Å². The zero-order valence-electron chi connectivity index (χ0n) is 12.2. The number of furan rings is 1. The standard InChI is InChI=1S/C18H10Cl2N2OS/c19-12-7-5-11(6-8-12)17-21-22-18(24-17)16-10-9-15(23-16)13-3-1-2-4-14(13)20/h1-10H. The van der Waals surface area contributed by atoms with Crippen LogP contribution in [0.3, 0.4) is 0 Å². The monoisotopic (exact) mass is 372 g/mol. The lowest BCUT2D eigenvalue weighted by molar-refractivity contribution is 0.596. The summed E-state index contributed by atoms with van der Waals surface area (Å²) in [5.74, 6) is 1.38. The van der Waals surface area contributed by atoms with Gasteiger partial charge in [0.2, 0.25) is 0 Å². The number of benzene rings is 2. The Balaban J connectivity index is 1.66. The van der Waals surface area contributed by atoms with Crippen LogP contribution in [0, 0.1) is 0 Å². The lowest BCUT2D eigenvalue weighted by atomic mass is 10.2. The van der Waals surface area contributed by atoms with Gasteiger partial charge in [-0.25, -0.2) is 0 Å². The highest BCUT2D eigenvalue weighted by Gasteiger charge is 2.14. The third-order valence-corrected chi connectivity index (χ3v) is 5.04. The minimum absolute atomic E-state index is 0.650. The first-order valence-electron chi connectivity index (χ1n) is 7.15. The molecule has 6 heteroatoms. The second-order valence-corrected chi connectivity index (χ2v) is 6.88. The Morgan fingerprint density at radius 1 is 0.750 bits per heavy atom. The lowest BCUT2D eigenvalue weighted by Crippen LogP contribution is -1.76. The Bertz CT molecular complexity index is 992. The Hall–Kier alpha value is -2.14. The summed E-state index contributed by atoms with van der Waals surface area (Å²) in [4.78, 5) is 0. The summed E-state index contributed by atoms with van der Waals surface area (Å²) in [6, 6.07) is 18.8. The molecular weight excluding hydrogens is 363 g/mol. The van der Waals surface area contributed by atoms with E-state index in [0.717, 1.165) is 21.1 Å². The van der Waals surface area contributed by atoms with E-state index in [1.165, 1.54) is 11.3 Å². The number of hydrogen-bond donors (Lipinski definition) is 0. The quantitative estimate of drug-likeness (QED) is 0.415. The van der Waals surface area contributed by atoms with Gasteiger partial charge in [0.05, 0.1) is 5.02 Å². The van der Waals surface area contributed by atoms with E-state index in [1.54, 1.807) is 0 Å². The van der Waals surface area contributed by atoms with Crippen molar-refractivity contribution in [2.24, 2.45) is 0 Å². The van der Waals surface area contributed by atoms with Crippen LogP contribution in [0.5, 0.6) is 0 Å². The molecule has 0 amide bonds. The van der Waals surface area contributed by atoms with E-state index in [0.29, 0.717) is 21.6 Å². The number of hydrogen-bond acceptors (Lipinski definition) is 4. The maximum absolute atomic E-state index is 6.21. The van der Waals surface area contributed by atoms with Crippen LogP contribution in [-0.4, -0.2) is 10.2 Å². The first-order chi connectivity index (χ1) is 11.7. The topological polar surface area (TPSA) is 38.9 Å². The van der Waals surface area contributed by atoms with Crippen LogP contribution in [0.4, 0.5) is 0 Å². The van der Waals surface area contributed by atoms with Crippen molar-refractivity contribution >= 4 is 34.5 Å². The summed E-state index contributed by atoms with van der Waals surface area (Å²) in [5.41, 5.74) is 1.83. The molecule has 118 valence electrons. The highest BCUT2D eigenvalue weighted by Crippen LogP contribution is 2.35. The predicted molar refractivity (Wildman–Crippen MR) is 98.5 cm³/mol. The third kappa shape index (κ3) is 2.96. The van der Waals surface area contributed by atoms with Crippen molar-refractivity contribution in [3.05, 3.63) is 70.7 Å². The van der Waals surface area contributed by atoms with Crippen LogP contribution in [0.1, 0.15) is 0 Å². The summed E-state index contributed by atoms with van der Waals surface area (Å²) in [6.07, 6.45) is 0. The van der Waals surface area contributed by atoms with Crippen molar-refractivity contribution in [2.45, 2.75) is 0 Å². The molecule has 2 aromatic carbocycles. The molecule has 4 aromatic rings. The third-order valence-electron chi connectivity index (χ3n) is 3.47. The van der Waals surface area contributed by atoms with E-state index in [4.69, 9.17) is 27.6 Å². The van der Waals surface area contributed by atoms with Crippen molar-refractivity contribution in [1.82, 2.24) is 10.2 Å². The van der Waals surface area contributed by atoms with E-state index in [-0.39, 0.29) is 0 Å². The van der Waals surface area contributed by atoms with Crippen LogP contribution in [0.15, 0.2) is 65.1 Å². The first-order valence-corrected chi connectivity index (χ1v) is 8.72. The zero-order valence-corrected chi connectivity index (χ0v) is 14.6. The maximum Gasteiger partial charge on any atom is 0.183 e. The zero-order chi connectivity index (χ0) is 16.5. The number of nitrogens with zero attached hydrogens (tertiary/aromatic N) is 2. The van der Waals surface area contributed by atoms with E-state index >= 15 is 0 Å². The number of aromatic nitrogens is 2. The molecule has 0 saturated carbocycles. The molecule has 2 heterocycles. The Kier molecular flexibility index (Phi) is 4.10. The summed E-state index contributed by atoms with van der Waals surface area (Å²) in [7, 11) is 0. The van der Waals surface area contributed by atoms with E-state index in [2.05, 4.69) is 10.2 Å². The molecule has 4 rings (SSSR count). The van der Waals surface area contributed by atoms with Gasteiger partial charge >= 0.3 is 0 Å². The van der Waals surface area contributed by atoms with Crippen LogP contribution in [0.25, 0.3) is 32.7 Å². The van der Waals surface area contributed by atoms with Gasteiger partial charge in [0.1, 0.15) is 10.8 Å². The maximum atomic E-state index is 6.21. The highest BCUT2D eigenvalue weighted by atomic mass is 35.5. The molecule has 0 bridgehead atoms. The molecule has 0 atom stereocenters. The fourth-order valence-corrected chi connectivity index (χ4v) is 3.46. The molecule has 0 fully saturated rings. The average Bonchev–Trinajstić information content (AvgIpc) is 3.25. The van der Waals surface area contributed by atoms with Gasteiger partial charge in [-0.05, 0) is 36.4 Å². The molecular formula is C18H10Cl2N2OS. The fourth-order valence-electron chi connectivity index (χ4n) is 2.29. The van der Waals surface area contributed by atoms with Crippen molar-refractivity contribution in [1.29, 1.82) is 0 Å². The molecule has 0 radical (unpaired) electrons. The summed E-state index contributed by atoms with van der Waals surface area (Å²) >= 11 is 13.6. The number of rotatable bonds is 3. The molecule has 0 N–H and O–H groups in total. The minimum Gasteiger partial charge on any atom is -0.453 e. The smallest absolute Gasteiger partial charge is 0.183 e. The van der Waals surface area contributed by atoms with Gasteiger partial charge in [-0.2, -0.15) is 0 Å². The van der Waals surface area contributed by atoms with Crippen molar-refractivity contribution in [3.8, 4) is 32.7 Å². The summed E-state index contributed by atoms with van der Waals surface area (Å²) < 4.78 is 5.91. The Morgan fingerprint density at radius 2 is 1.46 bits per heavy atom. The predicted octanol–water partition coefficient (Wildman–Crippen LogP) is 6.44. The molecule has 24 heavy (non-hydrogen) atoms. The van der Waals surface area contributed by atoms with Crippen molar-refractivity contribution in [3.63, 3.8) is 0 Å². The molecule has 0 unspecified atom stereocenters. The van der Waals surface area contributed by atoms with Crippen LogP contribution >= 0.6 is 34.5 Å². The largest absolute Gasteiger partial charge is 0.453 e. The van der Waals surface area contributed by atoms with Crippen LogP contribution in [-0.2, 0) is 0 Å². The second kappa shape index (κ2) is 6.40. The lowest BCUT2D eigenvalue weighted by Gasteiger charge is -1.99. The molecule has 2 aromatic heterocycles. The van der Waals surface area contributed by atoms with Crippen molar-refractivity contribution < 1.29 is 4.42 Å². The minimum atomic E-state index is 0.650. The molecule has 0 aliphatic carbocycles. The van der Waals surface area contributed by atoms with Crippen LogP contribution < -0.4 is 0 Å². The van der Waals surface area contributed by atoms with Gasteiger partial charge in [0.15, 0.2) is 10.8 Å². The van der Waals surface area contributed by atoms with Gasteiger partial charge in [-0.1, -0.05) is 58.8 Å². The van der Waals surface area contributed by atoms with E-state index in [1.807, 2.05) is 60.7 Å². The fraction of sp³-hybridized carbons (Fsp3) is 0. The van der Waals surface area contributed by atoms with E-state index in [9.17, 15) is 0 Å². The van der Waals surface area contributed by atoms with Gasteiger partial charge in [-0.15, -0.1) is 10.2 Å².